The molecule has 0 aliphatic carbocycles. The van der Waals surface area contributed by atoms with E-state index in [0.717, 1.165) is 29.9 Å². The van der Waals surface area contributed by atoms with Gasteiger partial charge in [0, 0.05) is 17.9 Å². The van der Waals surface area contributed by atoms with Crippen molar-refractivity contribution >= 4 is 17.3 Å². The van der Waals surface area contributed by atoms with E-state index < -0.39 is 0 Å². The molecule has 3 heteroatoms. The van der Waals surface area contributed by atoms with Crippen molar-refractivity contribution in [2.24, 2.45) is 0 Å². The summed E-state index contributed by atoms with van der Waals surface area (Å²) in [5, 5.41) is 6.33. The minimum absolute atomic E-state index is 0.00372. The lowest BCUT2D eigenvalue weighted by atomic mass is 10.1. The third kappa shape index (κ3) is 5.50. The third-order valence-electron chi connectivity index (χ3n) is 3.96. The van der Waals surface area contributed by atoms with Crippen LogP contribution in [0.4, 0.5) is 11.4 Å². The molecule has 0 heterocycles. The predicted molar refractivity (Wildman–Crippen MR) is 104 cm³/mol. The standard InChI is InChI=1S/C22H22N2O/c25-22(17-19-9-5-2-6-10-19)24-21-13-11-20(12-14-21)23-16-15-18-7-3-1-4-8-18/h1-14,23H,15-17H2,(H,24,25). The van der Waals surface area contributed by atoms with Gasteiger partial charge in [-0.05, 0) is 41.8 Å². The Morgan fingerprint density at radius 1 is 0.680 bits per heavy atom. The van der Waals surface area contributed by atoms with Crippen LogP contribution in [-0.2, 0) is 17.6 Å². The highest BCUT2D eigenvalue weighted by Gasteiger charge is 2.03. The first kappa shape index (κ1) is 16.8. The van der Waals surface area contributed by atoms with Gasteiger partial charge in [0.1, 0.15) is 0 Å². The molecule has 0 atom stereocenters. The SMILES string of the molecule is O=C(Cc1ccccc1)Nc1ccc(NCCc2ccccc2)cc1. The second-order valence-electron chi connectivity index (χ2n) is 5.95. The molecule has 0 bridgehead atoms. The zero-order valence-electron chi connectivity index (χ0n) is 14.1. The van der Waals surface area contributed by atoms with Crippen LogP contribution < -0.4 is 10.6 Å². The van der Waals surface area contributed by atoms with Crippen LogP contribution in [0.25, 0.3) is 0 Å². The minimum atomic E-state index is -0.00372. The maximum Gasteiger partial charge on any atom is 0.228 e. The van der Waals surface area contributed by atoms with Crippen molar-refractivity contribution in [3.05, 3.63) is 96.1 Å². The van der Waals surface area contributed by atoms with E-state index in [-0.39, 0.29) is 5.91 Å². The number of carbonyl (C=O) groups is 1. The monoisotopic (exact) mass is 330 g/mol. The van der Waals surface area contributed by atoms with Gasteiger partial charge in [-0.15, -0.1) is 0 Å². The summed E-state index contributed by atoms with van der Waals surface area (Å²) in [5.41, 5.74) is 4.20. The smallest absolute Gasteiger partial charge is 0.228 e. The highest BCUT2D eigenvalue weighted by molar-refractivity contribution is 5.92. The summed E-state index contributed by atoms with van der Waals surface area (Å²) >= 11 is 0. The first-order valence-electron chi connectivity index (χ1n) is 8.51. The Morgan fingerprint density at radius 2 is 1.24 bits per heavy atom. The molecular formula is C22H22N2O. The van der Waals surface area contributed by atoms with Gasteiger partial charge in [0.25, 0.3) is 0 Å². The Hall–Kier alpha value is -3.07. The van der Waals surface area contributed by atoms with Crippen LogP contribution in [0, 0.1) is 0 Å². The average Bonchev–Trinajstić information content (AvgIpc) is 2.65. The molecule has 126 valence electrons. The molecule has 0 aliphatic heterocycles. The summed E-state index contributed by atoms with van der Waals surface area (Å²) in [6.45, 7) is 0.879. The van der Waals surface area contributed by atoms with E-state index >= 15 is 0 Å². The highest BCUT2D eigenvalue weighted by atomic mass is 16.1. The number of rotatable bonds is 7. The Bertz CT molecular complexity index is 783. The van der Waals surface area contributed by atoms with Crippen molar-refractivity contribution in [1.29, 1.82) is 0 Å². The van der Waals surface area contributed by atoms with Crippen molar-refractivity contribution in [3.63, 3.8) is 0 Å². The number of carbonyl (C=O) groups excluding carboxylic acids is 1. The van der Waals surface area contributed by atoms with Crippen LogP contribution >= 0.6 is 0 Å². The van der Waals surface area contributed by atoms with Crippen LogP contribution in [0.2, 0.25) is 0 Å². The predicted octanol–water partition coefficient (Wildman–Crippen LogP) is 4.52. The van der Waals surface area contributed by atoms with Crippen molar-refractivity contribution in [1.82, 2.24) is 0 Å². The van der Waals surface area contributed by atoms with Gasteiger partial charge in [0.15, 0.2) is 0 Å². The van der Waals surface area contributed by atoms with E-state index in [1.807, 2.05) is 60.7 Å². The largest absolute Gasteiger partial charge is 0.385 e. The van der Waals surface area contributed by atoms with Crippen LogP contribution in [0.1, 0.15) is 11.1 Å². The number of benzene rings is 3. The number of amides is 1. The number of anilines is 2. The van der Waals surface area contributed by atoms with Crippen molar-refractivity contribution in [2.45, 2.75) is 12.8 Å². The van der Waals surface area contributed by atoms with Crippen molar-refractivity contribution in [3.8, 4) is 0 Å². The number of hydrogen-bond acceptors (Lipinski definition) is 2. The maximum absolute atomic E-state index is 12.1. The lowest BCUT2D eigenvalue weighted by Crippen LogP contribution is -2.14. The lowest BCUT2D eigenvalue weighted by Gasteiger charge is -2.09. The van der Waals surface area contributed by atoms with Gasteiger partial charge in [-0.25, -0.2) is 0 Å². The fraction of sp³-hybridized carbons (Fsp3) is 0.136. The lowest BCUT2D eigenvalue weighted by molar-refractivity contribution is -0.115. The van der Waals surface area contributed by atoms with Gasteiger partial charge in [-0.2, -0.15) is 0 Å². The Morgan fingerprint density at radius 3 is 1.88 bits per heavy atom. The van der Waals surface area contributed by atoms with E-state index in [9.17, 15) is 4.79 Å². The van der Waals surface area contributed by atoms with Gasteiger partial charge in [0.2, 0.25) is 5.91 Å². The quantitative estimate of drug-likeness (QED) is 0.668. The zero-order chi connectivity index (χ0) is 17.3. The first-order chi connectivity index (χ1) is 12.3. The minimum Gasteiger partial charge on any atom is -0.385 e. The molecule has 3 rings (SSSR count). The average molecular weight is 330 g/mol. The van der Waals surface area contributed by atoms with Crippen molar-refractivity contribution in [2.75, 3.05) is 17.2 Å². The van der Waals surface area contributed by atoms with E-state index in [1.165, 1.54) is 5.56 Å². The van der Waals surface area contributed by atoms with Crippen molar-refractivity contribution < 1.29 is 4.79 Å². The molecule has 0 aromatic heterocycles. The van der Waals surface area contributed by atoms with E-state index in [2.05, 4.69) is 34.9 Å². The summed E-state index contributed by atoms with van der Waals surface area (Å²) in [5.74, 6) is -0.00372. The summed E-state index contributed by atoms with van der Waals surface area (Å²) in [4.78, 5) is 12.1. The van der Waals surface area contributed by atoms with E-state index in [0.29, 0.717) is 6.42 Å². The van der Waals surface area contributed by atoms with Crippen LogP contribution in [0.5, 0.6) is 0 Å². The van der Waals surface area contributed by atoms with E-state index in [4.69, 9.17) is 0 Å². The molecule has 0 unspecified atom stereocenters. The number of nitrogens with one attached hydrogen (secondary N) is 2. The summed E-state index contributed by atoms with van der Waals surface area (Å²) in [6.07, 6.45) is 1.37. The fourth-order valence-corrected chi connectivity index (χ4v) is 2.65. The topological polar surface area (TPSA) is 41.1 Å². The molecule has 2 N–H and O–H groups in total. The Kier molecular flexibility index (Phi) is 5.83. The second-order valence-corrected chi connectivity index (χ2v) is 5.95. The maximum atomic E-state index is 12.1. The van der Waals surface area contributed by atoms with E-state index in [1.54, 1.807) is 0 Å². The molecule has 0 fully saturated rings. The molecule has 0 saturated heterocycles. The van der Waals surface area contributed by atoms with Crippen LogP contribution in [0.3, 0.4) is 0 Å². The molecule has 3 aromatic rings. The molecule has 1 amide bonds. The first-order valence-corrected chi connectivity index (χ1v) is 8.51. The number of hydrogen-bond donors (Lipinski definition) is 2. The zero-order valence-corrected chi connectivity index (χ0v) is 14.1. The molecule has 0 spiro atoms. The molecule has 3 nitrogen and oxygen atoms in total. The van der Waals surface area contributed by atoms with Gasteiger partial charge in [-0.1, -0.05) is 60.7 Å². The molecular weight excluding hydrogens is 308 g/mol. The normalized spacial score (nSPS) is 10.2. The highest BCUT2D eigenvalue weighted by Crippen LogP contribution is 2.14. The molecule has 0 saturated carbocycles. The Labute approximate surface area is 148 Å². The van der Waals surface area contributed by atoms with Gasteiger partial charge in [0.05, 0.1) is 6.42 Å². The summed E-state index contributed by atoms with van der Waals surface area (Å²) in [6, 6.07) is 28.0. The van der Waals surface area contributed by atoms with Gasteiger partial charge >= 0.3 is 0 Å². The molecule has 0 aliphatic rings. The van der Waals surface area contributed by atoms with Gasteiger partial charge in [-0.3, -0.25) is 4.79 Å². The van der Waals surface area contributed by atoms with Gasteiger partial charge < -0.3 is 10.6 Å². The third-order valence-corrected chi connectivity index (χ3v) is 3.96. The Balaban J connectivity index is 1.46. The summed E-state index contributed by atoms with van der Waals surface area (Å²) in [7, 11) is 0. The van der Waals surface area contributed by atoms with Crippen LogP contribution in [-0.4, -0.2) is 12.5 Å². The second kappa shape index (κ2) is 8.69. The molecule has 25 heavy (non-hydrogen) atoms. The van der Waals surface area contributed by atoms with Crippen LogP contribution in [0.15, 0.2) is 84.9 Å². The molecule has 0 radical (unpaired) electrons. The summed E-state index contributed by atoms with van der Waals surface area (Å²) < 4.78 is 0. The fourth-order valence-electron chi connectivity index (χ4n) is 2.65. The molecule has 3 aromatic carbocycles.